The van der Waals surface area contributed by atoms with E-state index in [2.05, 4.69) is 9.97 Å². The summed E-state index contributed by atoms with van der Waals surface area (Å²) in [4.78, 5) is 32.7. The van der Waals surface area contributed by atoms with Gasteiger partial charge in [0.15, 0.2) is 0 Å². The lowest BCUT2D eigenvalue weighted by molar-refractivity contribution is 0.578. The molecule has 3 aromatic carbocycles. The lowest BCUT2D eigenvalue weighted by atomic mass is 10.2. The summed E-state index contributed by atoms with van der Waals surface area (Å²) in [5.74, 6) is -0.608. The molecule has 0 saturated carbocycles. The van der Waals surface area contributed by atoms with Gasteiger partial charge in [-0.1, -0.05) is 78.1 Å². The van der Waals surface area contributed by atoms with Crippen molar-refractivity contribution < 1.29 is 16.8 Å². The smallest absolute Gasteiger partial charge is 0.288 e. The number of sulfone groups is 2. The fourth-order valence-electron chi connectivity index (χ4n) is 4.51. The van der Waals surface area contributed by atoms with Crippen molar-refractivity contribution in [3.8, 4) is 11.3 Å². The Morgan fingerprint density at radius 3 is 1.58 bits per heavy atom. The molecule has 2 heterocycles. The molecule has 15 heteroatoms. The van der Waals surface area contributed by atoms with Crippen LogP contribution in [-0.2, 0) is 44.3 Å². The van der Waals surface area contributed by atoms with Crippen molar-refractivity contribution in [1.82, 2.24) is 19.1 Å². The zero-order valence-corrected chi connectivity index (χ0v) is 29.8. The van der Waals surface area contributed by atoms with Gasteiger partial charge < -0.3 is 9.13 Å². The van der Waals surface area contributed by atoms with Gasteiger partial charge in [0.1, 0.15) is 0 Å². The lowest BCUT2D eigenvalue weighted by Crippen LogP contribution is -2.28. The molecule has 0 aliphatic heterocycles. The van der Waals surface area contributed by atoms with Gasteiger partial charge in [-0.3, -0.25) is 9.59 Å². The Bertz CT molecular complexity index is 2220. The van der Waals surface area contributed by atoms with Gasteiger partial charge in [-0.25, -0.2) is 26.8 Å². The zero-order chi connectivity index (χ0) is 35.1. The molecule has 5 rings (SSSR count). The van der Waals surface area contributed by atoms with Gasteiger partial charge in [-0.05, 0) is 60.9 Å². The predicted octanol–water partition coefficient (Wildman–Crippen LogP) is 6.49. The summed E-state index contributed by atoms with van der Waals surface area (Å²) < 4.78 is 53.2. The van der Waals surface area contributed by atoms with Gasteiger partial charge in [0.25, 0.3) is 11.1 Å². The first-order valence-electron chi connectivity index (χ1n) is 14.6. The van der Waals surface area contributed by atoms with Crippen LogP contribution >= 0.6 is 34.8 Å². The molecule has 0 aliphatic rings. The topological polar surface area (TPSA) is 138 Å². The summed E-state index contributed by atoms with van der Waals surface area (Å²) >= 11 is 17.5. The standard InChI is InChI=1S/C19H16Cl2N2O3S.C14H15ClN2O3S/c1-2-23-11-17(14-5-9-16(21)10-6-14)22-18(19(23)24)27(25,26)12-13-3-7-15(20)8-4-13;1-2-8-17-9-7-16-13(14(17)18)21(19,20)10-11-3-5-12(15)6-4-11/h3-11H,2,12H2,1H3;3-7,9H,2,8,10H2,1H3. The normalized spacial score (nSPS) is 11.5. The molecule has 0 spiro atoms. The molecule has 252 valence electrons. The third kappa shape index (κ3) is 9.42. The van der Waals surface area contributed by atoms with Gasteiger partial charge in [0.2, 0.25) is 29.7 Å². The van der Waals surface area contributed by atoms with Gasteiger partial charge in [-0.15, -0.1) is 0 Å². The Labute approximate surface area is 293 Å². The van der Waals surface area contributed by atoms with Gasteiger partial charge in [-0.2, -0.15) is 0 Å². The fraction of sp³-hybridized carbons (Fsp3) is 0.212. The highest BCUT2D eigenvalue weighted by Gasteiger charge is 2.24. The summed E-state index contributed by atoms with van der Waals surface area (Å²) in [7, 11) is -7.73. The Balaban J connectivity index is 0.000000224. The van der Waals surface area contributed by atoms with Crippen LogP contribution in [0.2, 0.25) is 15.1 Å². The highest BCUT2D eigenvalue weighted by atomic mass is 35.5. The van der Waals surface area contributed by atoms with Crippen molar-refractivity contribution in [2.45, 2.75) is 54.9 Å². The van der Waals surface area contributed by atoms with Crippen LogP contribution in [0.1, 0.15) is 31.4 Å². The number of hydrogen-bond acceptors (Lipinski definition) is 8. The minimum absolute atomic E-state index is 0.275. The Morgan fingerprint density at radius 1 is 0.646 bits per heavy atom. The molecule has 0 radical (unpaired) electrons. The number of aromatic nitrogens is 4. The molecule has 0 N–H and O–H groups in total. The van der Waals surface area contributed by atoms with E-state index in [1.165, 1.54) is 21.5 Å². The summed E-state index contributed by atoms with van der Waals surface area (Å²) in [6.07, 6.45) is 5.12. The van der Waals surface area contributed by atoms with E-state index >= 15 is 0 Å². The summed E-state index contributed by atoms with van der Waals surface area (Å²) in [6.45, 7) is 4.47. The van der Waals surface area contributed by atoms with Crippen molar-refractivity contribution in [3.05, 3.63) is 138 Å². The molecule has 2 aromatic heterocycles. The number of aryl methyl sites for hydroxylation is 2. The second kappa shape index (κ2) is 16.1. The molecule has 5 aromatic rings. The first-order chi connectivity index (χ1) is 22.7. The Kier molecular flexibility index (Phi) is 12.4. The third-order valence-electron chi connectivity index (χ3n) is 6.90. The molecule has 0 saturated heterocycles. The second-order valence-electron chi connectivity index (χ2n) is 10.5. The molecule has 0 amide bonds. The van der Waals surface area contributed by atoms with E-state index in [4.69, 9.17) is 34.8 Å². The number of benzene rings is 3. The average Bonchev–Trinajstić information content (AvgIpc) is 3.05. The minimum Gasteiger partial charge on any atom is -0.312 e. The van der Waals surface area contributed by atoms with Crippen LogP contribution < -0.4 is 11.1 Å². The van der Waals surface area contributed by atoms with E-state index < -0.39 is 40.8 Å². The molecule has 0 fully saturated rings. The first-order valence-corrected chi connectivity index (χ1v) is 19.0. The molecule has 0 atom stereocenters. The monoisotopic (exact) mass is 748 g/mol. The Hall–Kier alpha value is -3.81. The van der Waals surface area contributed by atoms with Crippen LogP contribution in [0.25, 0.3) is 11.3 Å². The third-order valence-corrected chi connectivity index (χ3v) is 10.8. The maximum atomic E-state index is 12.9. The van der Waals surface area contributed by atoms with Crippen LogP contribution in [0.5, 0.6) is 0 Å². The second-order valence-corrected chi connectivity index (χ2v) is 15.7. The molecule has 10 nitrogen and oxygen atoms in total. The molecular formula is C33H31Cl3N4O6S2. The minimum atomic E-state index is -3.94. The van der Waals surface area contributed by atoms with Crippen molar-refractivity contribution in [3.63, 3.8) is 0 Å². The fourth-order valence-corrected chi connectivity index (χ4v) is 7.65. The van der Waals surface area contributed by atoms with E-state index in [1.54, 1.807) is 85.9 Å². The maximum absolute atomic E-state index is 12.9. The van der Waals surface area contributed by atoms with Crippen molar-refractivity contribution in [1.29, 1.82) is 0 Å². The highest BCUT2D eigenvalue weighted by molar-refractivity contribution is 7.90. The average molecular weight is 750 g/mol. The molecular weight excluding hydrogens is 719 g/mol. The largest absolute Gasteiger partial charge is 0.312 e. The van der Waals surface area contributed by atoms with Crippen LogP contribution in [-0.4, -0.2) is 35.9 Å². The van der Waals surface area contributed by atoms with Crippen LogP contribution in [0.4, 0.5) is 0 Å². The number of nitrogens with zero attached hydrogens (tertiary/aromatic N) is 4. The SMILES string of the molecule is CCCn1ccnc(S(=O)(=O)Cc2ccc(Cl)cc2)c1=O.CCn1cc(-c2ccc(Cl)cc2)nc(S(=O)(=O)Cc2ccc(Cl)cc2)c1=O. The van der Waals surface area contributed by atoms with E-state index in [-0.39, 0.29) is 11.5 Å². The lowest BCUT2D eigenvalue weighted by Gasteiger charge is -2.10. The Morgan fingerprint density at radius 2 is 1.10 bits per heavy atom. The van der Waals surface area contributed by atoms with Gasteiger partial charge in [0.05, 0.1) is 17.2 Å². The van der Waals surface area contributed by atoms with Crippen molar-refractivity contribution >= 4 is 54.5 Å². The van der Waals surface area contributed by atoms with Crippen LogP contribution in [0.3, 0.4) is 0 Å². The first kappa shape index (κ1) is 37.0. The number of halogens is 3. The van der Waals surface area contributed by atoms with Crippen molar-refractivity contribution in [2.24, 2.45) is 0 Å². The zero-order valence-electron chi connectivity index (χ0n) is 25.9. The molecule has 48 heavy (non-hydrogen) atoms. The predicted molar refractivity (Wildman–Crippen MR) is 188 cm³/mol. The van der Waals surface area contributed by atoms with Gasteiger partial charge >= 0.3 is 0 Å². The van der Waals surface area contributed by atoms with E-state index in [1.807, 2.05) is 6.92 Å². The molecule has 0 bridgehead atoms. The van der Waals surface area contributed by atoms with E-state index in [0.29, 0.717) is 50.5 Å². The number of hydrogen-bond donors (Lipinski definition) is 0. The highest BCUT2D eigenvalue weighted by Crippen LogP contribution is 2.22. The van der Waals surface area contributed by atoms with E-state index in [0.717, 1.165) is 6.42 Å². The van der Waals surface area contributed by atoms with Crippen LogP contribution in [0.15, 0.2) is 111 Å². The van der Waals surface area contributed by atoms with Crippen molar-refractivity contribution in [2.75, 3.05) is 0 Å². The number of rotatable bonds is 10. The summed E-state index contributed by atoms with van der Waals surface area (Å²) in [5, 5.41) is 0.713. The molecule has 0 unspecified atom stereocenters. The quantitative estimate of drug-likeness (QED) is 0.158. The summed E-state index contributed by atoms with van der Waals surface area (Å²) in [6, 6.07) is 19.7. The van der Waals surface area contributed by atoms with E-state index in [9.17, 15) is 26.4 Å². The van der Waals surface area contributed by atoms with Crippen LogP contribution in [0, 0.1) is 0 Å². The maximum Gasteiger partial charge on any atom is 0.288 e. The van der Waals surface area contributed by atoms with Gasteiger partial charge in [0, 0.05) is 52.3 Å². The summed E-state index contributed by atoms with van der Waals surface area (Å²) in [5.41, 5.74) is 0.942. The molecule has 0 aliphatic carbocycles.